The summed E-state index contributed by atoms with van der Waals surface area (Å²) in [5.74, 6) is 0.687. The smallest absolute Gasteiger partial charge is 0.148 e. The summed E-state index contributed by atoms with van der Waals surface area (Å²) in [6.45, 7) is 2.09. The zero-order chi connectivity index (χ0) is 12.3. The molecule has 90 valence electrons. The van der Waals surface area contributed by atoms with Crippen LogP contribution in [0, 0.1) is 0 Å². The van der Waals surface area contributed by atoms with E-state index in [4.69, 9.17) is 11.6 Å². The maximum Gasteiger partial charge on any atom is 0.148 e. The van der Waals surface area contributed by atoms with Gasteiger partial charge in [-0.3, -0.25) is 0 Å². The Morgan fingerprint density at radius 1 is 1.47 bits per heavy atom. The lowest BCUT2D eigenvalue weighted by Crippen LogP contribution is -2.11. The van der Waals surface area contributed by atoms with Crippen LogP contribution in [-0.2, 0) is 0 Å². The second-order valence-electron chi connectivity index (χ2n) is 3.30. The molecule has 0 radical (unpaired) electrons. The van der Waals surface area contributed by atoms with Crippen molar-refractivity contribution < 1.29 is 0 Å². The first-order valence-electron chi connectivity index (χ1n) is 5.04. The predicted octanol–water partition coefficient (Wildman–Crippen LogP) is 3.91. The number of hydrogen-bond donors (Lipinski definition) is 1. The van der Waals surface area contributed by atoms with E-state index in [1.165, 1.54) is 6.33 Å². The van der Waals surface area contributed by atoms with Gasteiger partial charge >= 0.3 is 0 Å². The molecule has 1 unspecified atom stereocenters. The average molecular weight is 334 g/mol. The fourth-order valence-electron chi connectivity index (χ4n) is 1.36. The molecule has 0 spiro atoms. The van der Waals surface area contributed by atoms with Crippen LogP contribution in [0.1, 0.15) is 24.4 Å². The molecule has 0 aliphatic heterocycles. The van der Waals surface area contributed by atoms with Gasteiger partial charge in [0.2, 0.25) is 0 Å². The molecule has 7 heteroatoms. The van der Waals surface area contributed by atoms with Gasteiger partial charge in [0.1, 0.15) is 22.3 Å². The van der Waals surface area contributed by atoms with E-state index in [9.17, 15) is 0 Å². The number of nitrogens with one attached hydrogen (secondary N) is 1. The molecule has 1 N–H and O–H groups in total. The summed E-state index contributed by atoms with van der Waals surface area (Å²) in [4.78, 5) is 12.3. The summed E-state index contributed by atoms with van der Waals surface area (Å²) < 4.78 is 0.677. The summed E-state index contributed by atoms with van der Waals surface area (Å²) in [6, 6.07) is 0.136. The zero-order valence-corrected chi connectivity index (χ0v) is 12.2. The molecule has 0 bridgehead atoms. The second-order valence-corrected chi connectivity index (χ2v) is 5.38. The van der Waals surface area contributed by atoms with E-state index in [-0.39, 0.29) is 6.04 Å². The molecular formula is C10H10BrClN4S. The van der Waals surface area contributed by atoms with Crippen LogP contribution in [0.3, 0.4) is 0 Å². The lowest BCUT2D eigenvalue weighted by molar-refractivity contribution is 0.736. The van der Waals surface area contributed by atoms with E-state index in [0.29, 0.717) is 15.4 Å². The largest absolute Gasteiger partial charge is 0.360 e. The highest BCUT2D eigenvalue weighted by atomic mass is 79.9. The summed E-state index contributed by atoms with van der Waals surface area (Å²) >= 11 is 10.9. The van der Waals surface area contributed by atoms with E-state index in [1.54, 1.807) is 17.5 Å². The molecule has 17 heavy (non-hydrogen) atoms. The Kier molecular flexibility index (Phi) is 4.31. The molecule has 0 fully saturated rings. The van der Waals surface area contributed by atoms with E-state index in [2.05, 4.69) is 43.1 Å². The molecule has 4 nitrogen and oxygen atoms in total. The Balaban J connectivity index is 2.22. The van der Waals surface area contributed by atoms with Gasteiger partial charge in [0.05, 0.1) is 10.5 Å². The normalized spacial score (nSPS) is 12.4. The van der Waals surface area contributed by atoms with Crippen molar-refractivity contribution in [1.82, 2.24) is 15.0 Å². The van der Waals surface area contributed by atoms with Crippen LogP contribution in [0.2, 0.25) is 5.15 Å². The molecule has 0 aromatic carbocycles. The lowest BCUT2D eigenvalue weighted by atomic mass is 10.2. The maximum absolute atomic E-state index is 5.91. The third kappa shape index (κ3) is 2.94. The molecule has 2 aromatic heterocycles. The molecule has 2 rings (SSSR count). The summed E-state index contributed by atoms with van der Waals surface area (Å²) in [5, 5.41) is 6.70. The van der Waals surface area contributed by atoms with Crippen molar-refractivity contribution in [2.75, 3.05) is 5.32 Å². The van der Waals surface area contributed by atoms with Gasteiger partial charge in [-0.25, -0.2) is 15.0 Å². The first kappa shape index (κ1) is 12.7. The minimum Gasteiger partial charge on any atom is -0.360 e. The quantitative estimate of drug-likeness (QED) is 0.862. The molecule has 0 saturated heterocycles. The fraction of sp³-hybridized carbons (Fsp3) is 0.300. The average Bonchev–Trinajstić information content (AvgIpc) is 2.85. The molecule has 0 saturated carbocycles. The first-order chi connectivity index (χ1) is 8.22. The number of nitrogens with zero attached hydrogens (tertiary/aromatic N) is 3. The van der Waals surface area contributed by atoms with Crippen molar-refractivity contribution in [3.8, 4) is 0 Å². The standard InChI is InChI=1S/C10H10BrClN4S/c1-2-6(10-13-3-4-17-10)16-9-7(11)8(12)14-5-15-9/h3-6H,2H2,1H3,(H,14,15,16). The van der Waals surface area contributed by atoms with Crippen LogP contribution in [0.15, 0.2) is 22.4 Å². The monoisotopic (exact) mass is 332 g/mol. The first-order valence-corrected chi connectivity index (χ1v) is 7.09. The molecule has 2 heterocycles. The van der Waals surface area contributed by atoms with Crippen molar-refractivity contribution in [3.05, 3.63) is 32.5 Å². The Labute approximate surface area is 117 Å². The zero-order valence-electron chi connectivity index (χ0n) is 9.02. The number of halogens is 2. The minimum atomic E-state index is 0.136. The predicted molar refractivity (Wildman–Crippen MR) is 73.5 cm³/mol. The van der Waals surface area contributed by atoms with E-state index in [0.717, 1.165) is 11.4 Å². The van der Waals surface area contributed by atoms with Crippen LogP contribution >= 0.6 is 38.9 Å². The Hall–Kier alpha value is -0.720. The van der Waals surface area contributed by atoms with Gasteiger partial charge in [0, 0.05) is 11.6 Å². The molecular weight excluding hydrogens is 324 g/mol. The van der Waals surface area contributed by atoms with Crippen LogP contribution in [0.5, 0.6) is 0 Å². The SMILES string of the molecule is CCC(Nc1ncnc(Cl)c1Br)c1nccs1. The summed E-state index contributed by atoms with van der Waals surface area (Å²) in [7, 11) is 0. The Morgan fingerprint density at radius 2 is 2.29 bits per heavy atom. The number of hydrogen-bond acceptors (Lipinski definition) is 5. The van der Waals surface area contributed by atoms with E-state index in [1.807, 2.05) is 5.38 Å². The number of anilines is 1. The molecule has 0 aliphatic rings. The third-order valence-corrected chi connectivity index (χ3v) is 4.37. The van der Waals surface area contributed by atoms with E-state index >= 15 is 0 Å². The van der Waals surface area contributed by atoms with Crippen LogP contribution in [-0.4, -0.2) is 15.0 Å². The molecule has 0 amide bonds. The van der Waals surface area contributed by atoms with Gasteiger partial charge in [0.25, 0.3) is 0 Å². The topological polar surface area (TPSA) is 50.7 Å². The second kappa shape index (κ2) is 5.75. The number of rotatable bonds is 4. The minimum absolute atomic E-state index is 0.136. The fourth-order valence-corrected chi connectivity index (χ4v) is 2.58. The Bertz CT molecular complexity index is 491. The third-order valence-electron chi connectivity index (χ3n) is 2.22. The summed E-state index contributed by atoms with van der Waals surface area (Å²) in [6.07, 6.45) is 4.15. The number of aromatic nitrogens is 3. The van der Waals surface area contributed by atoms with Crippen LogP contribution < -0.4 is 5.32 Å². The lowest BCUT2D eigenvalue weighted by Gasteiger charge is -2.16. The molecule has 2 aromatic rings. The van der Waals surface area contributed by atoms with Crippen molar-refractivity contribution in [3.63, 3.8) is 0 Å². The highest BCUT2D eigenvalue weighted by Crippen LogP contribution is 2.30. The van der Waals surface area contributed by atoms with Crippen molar-refractivity contribution in [2.45, 2.75) is 19.4 Å². The van der Waals surface area contributed by atoms with Crippen molar-refractivity contribution >= 4 is 44.7 Å². The molecule has 0 aliphatic carbocycles. The highest BCUT2D eigenvalue weighted by Gasteiger charge is 2.15. The van der Waals surface area contributed by atoms with Crippen LogP contribution in [0.4, 0.5) is 5.82 Å². The Morgan fingerprint density at radius 3 is 2.94 bits per heavy atom. The van der Waals surface area contributed by atoms with Gasteiger partial charge in [-0.15, -0.1) is 11.3 Å². The highest BCUT2D eigenvalue weighted by molar-refractivity contribution is 9.10. The molecule has 1 atom stereocenters. The van der Waals surface area contributed by atoms with Gasteiger partial charge in [-0.1, -0.05) is 18.5 Å². The van der Waals surface area contributed by atoms with Gasteiger partial charge in [-0.2, -0.15) is 0 Å². The van der Waals surface area contributed by atoms with Crippen molar-refractivity contribution in [2.24, 2.45) is 0 Å². The van der Waals surface area contributed by atoms with E-state index < -0.39 is 0 Å². The van der Waals surface area contributed by atoms with Gasteiger partial charge in [-0.05, 0) is 22.4 Å². The number of thiazole rings is 1. The van der Waals surface area contributed by atoms with Gasteiger partial charge < -0.3 is 5.32 Å². The van der Waals surface area contributed by atoms with Gasteiger partial charge in [0.15, 0.2) is 0 Å². The van der Waals surface area contributed by atoms with Crippen LogP contribution in [0.25, 0.3) is 0 Å². The summed E-state index contributed by atoms with van der Waals surface area (Å²) in [5.41, 5.74) is 0. The maximum atomic E-state index is 5.91. The van der Waals surface area contributed by atoms with Crippen molar-refractivity contribution in [1.29, 1.82) is 0 Å².